The Morgan fingerprint density at radius 1 is 1.33 bits per heavy atom. The molecule has 0 saturated heterocycles. The van der Waals surface area contributed by atoms with Crippen LogP contribution in [0.3, 0.4) is 0 Å². The maximum absolute atomic E-state index is 10.0. The molecule has 15 heavy (non-hydrogen) atoms. The molecule has 0 saturated carbocycles. The van der Waals surface area contributed by atoms with Gasteiger partial charge in [-0.15, -0.1) is 0 Å². The van der Waals surface area contributed by atoms with Gasteiger partial charge in [0.1, 0.15) is 6.54 Å². The van der Waals surface area contributed by atoms with Crippen molar-refractivity contribution >= 4 is 11.4 Å². The summed E-state index contributed by atoms with van der Waals surface area (Å²) in [5.74, 6) is 0. The Labute approximate surface area is 92.1 Å². The second-order valence-electron chi connectivity index (χ2n) is 3.15. The van der Waals surface area contributed by atoms with Crippen molar-refractivity contribution < 1.29 is 18.3 Å². The summed E-state index contributed by atoms with van der Waals surface area (Å²) in [5.41, 5.74) is 1.27. The van der Waals surface area contributed by atoms with E-state index in [0.717, 1.165) is 19.5 Å². The second kappa shape index (κ2) is 7.53. The first-order valence-corrected chi connectivity index (χ1v) is 5.87. The molecule has 1 rings (SSSR count). The molecule has 0 amide bonds. The van der Waals surface area contributed by atoms with Gasteiger partial charge in [-0.05, 0) is 0 Å². The van der Waals surface area contributed by atoms with Gasteiger partial charge in [0.2, 0.25) is 0 Å². The Morgan fingerprint density at radius 2 is 2.07 bits per heavy atom. The lowest BCUT2D eigenvalue weighted by Gasteiger charge is -2.05. The van der Waals surface area contributed by atoms with Crippen molar-refractivity contribution in [3.05, 3.63) is 35.9 Å². The fourth-order valence-electron chi connectivity index (χ4n) is 1.24. The van der Waals surface area contributed by atoms with Gasteiger partial charge in [0.15, 0.2) is 0 Å². The highest BCUT2D eigenvalue weighted by atomic mass is 32.2. The summed E-state index contributed by atoms with van der Waals surface area (Å²) in [6.45, 7) is 2.05. The summed E-state index contributed by atoms with van der Waals surface area (Å²) >= 11 is -2.37. The highest BCUT2D eigenvalue weighted by Crippen LogP contribution is 1.94. The number of benzene rings is 1. The highest BCUT2D eigenvalue weighted by molar-refractivity contribution is 7.74. The van der Waals surface area contributed by atoms with E-state index in [2.05, 4.69) is 21.6 Å². The number of nitrogens with two attached hydrogens (primary N) is 1. The lowest BCUT2D eigenvalue weighted by Crippen LogP contribution is -2.82. The molecular formula is C10H15NO3S. The molecule has 1 aromatic carbocycles. The van der Waals surface area contributed by atoms with Crippen LogP contribution in [0, 0.1) is 0 Å². The molecule has 0 aliphatic rings. The summed E-state index contributed by atoms with van der Waals surface area (Å²) < 4.78 is 24.4. The normalized spacial score (nSPS) is 12.6. The summed E-state index contributed by atoms with van der Waals surface area (Å²) in [6, 6.07) is 10.1. The molecule has 2 N–H and O–H groups in total. The number of rotatable bonds is 7. The Morgan fingerprint density at radius 3 is 2.73 bits per heavy atom. The topological polar surface area (TPSA) is 66.0 Å². The molecule has 0 fully saturated rings. The van der Waals surface area contributed by atoms with Gasteiger partial charge >= 0.3 is 0 Å². The van der Waals surface area contributed by atoms with Crippen molar-refractivity contribution in [3.63, 3.8) is 0 Å². The van der Waals surface area contributed by atoms with Crippen LogP contribution in [0.2, 0.25) is 0 Å². The fraction of sp³-hybridized carbons (Fsp3) is 0.400. The molecule has 0 radical (unpaired) electrons. The van der Waals surface area contributed by atoms with Crippen LogP contribution < -0.4 is 5.32 Å². The maximum atomic E-state index is 10.0. The smallest absolute Gasteiger partial charge is 0.101 e. The van der Waals surface area contributed by atoms with Crippen LogP contribution in [-0.4, -0.2) is 21.9 Å². The van der Waals surface area contributed by atoms with Crippen LogP contribution in [0.5, 0.6) is 0 Å². The molecule has 4 nitrogen and oxygen atoms in total. The zero-order valence-electron chi connectivity index (χ0n) is 8.43. The maximum Gasteiger partial charge on any atom is 0.101 e. The van der Waals surface area contributed by atoms with Crippen LogP contribution in [0.1, 0.15) is 12.0 Å². The van der Waals surface area contributed by atoms with E-state index in [-0.39, 0.29) is 6.61 Å². The molecule has 5 heteroatoms. The van der Waals surface area contributed by atoms with E-state index in [9.17, 15) is 8.76 Å². The van der Waals surface area contributed by atoms with Crippen LogP contribution in [0.4, 0.5) is 0 Å². The average Bonchev–Trinajstić information content (AvgIpc) is 2.24. The monoisotopic (exact) mass is 229 g/mol. The van der Waals surface area contributed by atoms with E-state index < -0.39 is 11.4 Å². The van der Waals surface area contributed by atoms with Crippen LogP contribution in [0.15, 0.2) is 30.3 Å². The molecule has 84 valence electrons. The molecule has 0 spiro atoms. The molecule has 0 heterocycles. The lowest BCUT2D eigenvalue weighted by molar-refractivity contribution is -0.671. The fourth-order valence-corrected chi connectivity index (χ4v) is 1.49. The van der Waals surface area contributed by atoms with E-state index >= 15 is 0 Å². The van der Waals surface area contributed by atoms with Crippen molar-refractivity contribution in [1.82, 2.24) is 0 Å². The number of hydrogen-bond acceptors (Lipinski definition) is 3. The van der Waals surface area contributed by atoms with Gasteiger partial charge in [0, 0.05) is 12.0 Å². The van der Waals surface area contributed by atoms with E-state index in [0.29, 0.717) is 0 Å². The molecule has 0 aliphatic carbocycles. The molecular weight excluding hydrogens is 214 g/mol. The Balaban J connectivity index is 2.00. The Kier molecular flexibility index (Phi) is 6.18. The molecule has 1 atom stereocenters. The van der Waals surface area contributed by atoms with Gasteiger partial charge in [0.25, 0.3) is 0 Å². The van der Waals surface area contributed by atoms with Crippen LogP contribution in [0.25, 0.3) is 0 Å². The van der Waals surface area contributed by atoms with Crippen LogP contribution >= 0.6 is 0 Å². The van der Waals surface area contributed by atoms with Crippen molar-refractivity contribution in [3.8, 4) is 0 Å². The number of quaternary nitrogens is 1. The third-order valence-electron chi connectivity index (χ3n) is 1.96. The zero-order chi connectivity index (χ0) is 10.9. The summed E-state index contributed by atoms with van der Waals surface area (Å²) in [4.78, 5) is 0. The van der Waals surface area contributed by atoms with Gasteiger partial charge in [-0.1, -0.05) is 30.3 Å². The van der Waals surface area contributed by atoms with Gasteiger partial charge in [-0.25, -0.2) is 4.21 Å². The standard InChI is InChI=1S/C10H15NO3S/c12-15(13)14-8-4-7-11-9-10-5-2-1-3-6-10/h1-3,5-6,11H,4,7-9H2,(H,12,13). The van der Waals surface area contributed by atoms with Crippen LogP contribution in [-0.2, 0) is 22.1 Å². The van der Waals surface area contributed by atoms with E-state index in [1.165, 1.54) is 5.56 Å². The lowest BCUT2D eigenvalue weighted by atomic mass is 10.2. The summed E-state index contributed by atoms with van der Waals surface area (Å²) in [5, 5.41) is 2.13. The van der Waals surface area contributed by atoms with Crippen molar-refractivity contribution in [2.75, 3.05) is 13.2 Å². The molecule has 0 bridgehead atoms. The van der Waals surface area contributed by atoms with Crippen molar-refractivity contribution in [1.29, 1.82) is 0 Å². The first-order valence-electron chi connectivity index (χ1n) is 4.87. The Bertz CT molecular complexity index is 292. The van der Waals surface area contributed by atoms with Gasteiger partial charge < -0.3 is 14.1 Å². The minimum Gasteiger partial charge on any atom is -0.750 e. The molecule has 1 aromatic rings. The van der Waals surface area contributed by atoms with Crippen molar-refractivity contribution in [2.45, 2.75) is 13.0 Å². The predicted octanol–water partition coefficient (Wildman–Crippen LogP) is -0.0492. The van der Waals surface area contributed by atoms with E-state index in [4.69, 9.17) is 0 Å². The zero-order valence-corrected chi connectivity index (χ0v) is 9.24. The van der Waals surface area contributed by atoms with Gasteiger partial charge in [-0.3, -0.25) is 0 Å². The van der Waals surface area contributed by atoms with Crippen molar-refractivity contribution in [2.24, 2.45) is 0 Å². The summed E-state index contributed by atoms with van der Waals surface area (Å²) in [6.07, 6.45) is 0.737. The van der Waals surface area contributed by atoms with Gasteiger partial charge in [0.05, 0.1) is 24.5 Å². The minimum atomic E-state index is -2.37. The molecule has 1 unspecified atom stereocenters. The highest BCUT2D eigenvalue weighted by Gasteiger charge is 1.94. The third kappa shape index (κ3) is 6.35. The van der Waals surface area contributed by atoms with E-state index in [1.54, 1.807) is 0 Å². The predicted molar refractivity (Wildman–Crippen MR) is 56.4 cm³/mol. The third-order valence-corrected chi connectivity index (χ3v) is 2.31. The SMILES string of the molecule is O=S([O-])OCCC[NH2+]Cc1ccccc1. The minimum absolute atomic E-state index is 0.265. The average molecular weight is 229 g/mol. The number of hydrogen-bond donors (Lipinski definition) is 1. The van der Waals surface area contributed by atoms with Gasteiger partial charge in [-0.2, -0.15) is 0 Å². The Hall–Kier alpha value is -0.750. The quantitative estimate of drug-likeness (QED) is 0.526. The van der Waals surface area contributed by atoms with E-state index in [1.807, 2.05) is 18.2 Å². The largest absolute Gasteiger partial charge is 0.750 e. The molecule has 0 aliphatic heterocycles. The second-order valence-corrected chi connectivity index (χ2v) is 3.79. The first kappa shape index (κ1) is 12.3. The first-order chi connectivity index (χ1) is 7.29. The molecule has 0 aromatic heterocycles. The summed E-state index contributed by atoms with van der Waals surface area (Å²) in [7, 11) is 0.